The second-order valence-electron chi connectivity index (χ2n) is 5.52. The first-order valence-electron chi connectivity index (χ1n) is 7.36. The molecule has 20 heavy (non-hydrogen) atoms. The highest BCUT2D eigenvalue weighted by Gasteiger charge is 2.23. The van der Waals surface area contributed by atoms with Crippen molar-refractivity contribution in [2.24, 2.45) is 5.92 Å². The zero-order valence-electron chi connectivity index (χ0n) is 11.7. The molecule has 6 heteroatoms. The maximum absolute atomic E-state index is 12.1. The van der Waals surface area contributed by atoms with E-state index in [-0.39, 0.29) is 6.03 Å². The lowest BCUT2D eigenvalue weighted by atomic mass is 9.85. The summed E-state index contributed by atoms with van der Waals surface area (Å²) in [5, 5.41) is 3.05. The molecule has 3 rings (SSSR count). The summed E-state index contributed by atoms with van der Waals surface area (Å²) in [5.74, 6) is 1.60. The number of anilines is 1. The van der Waals surface area contributed by atoms with Crippen LogP contribution in [0.3, 0.4) is 0 Å². The van der Waals surface area contributed by atoms with Crippen LogP contribution in [0.15, 0.2) is 18.6 Å². The lowest BCUT2D eigenvalue weighted by Gasteiger charge is -2.35. The number of hydrogen-bond acceptors (Lipinski definition) is 4. The molecule has 1 aliphatic carbocycles. The Morgan fingerprint density at radius 1 is 1.25 bits per heavy atom. The number of rotatable bonds is 3. The monoisotopic (exact) mass is 275 g/mol. The summed E-state index contributed by atoms with van der Waals surface area (Å²) in [6.45, 7) is 3.95. The molecule has 1 saturated heterocycles. The molecule has 108 valence electrons. The molecule has 1 aromatic heterocycles. The van der Waals surface area contributed by atoms with E-state index in [9.17, 15) is 4.79 Å². The number of hydrogen-bond donors (Lipinski definition) is 1. The van der Waals surface area contributed by atoms with Crippen LogP contribution in [0.2, 0.25) is 0 Å². The molecule has 1 aliphatic heterocycles. The van der Waals surface area contributed by atoms with Gasteiger partial charge in [-0.1, -0.05) is 6.42 Å². The van der Waals surface area contributed by atoms with Gasteiger partial charge in [0, 0.05) is 45.1 Å². The van der Waals surface area contributed by atoms with Crippen molar-refractivity contribution in [2.45, 2.75) is 19.3 Å². The fourth-order valence-corrected chi connectivity index (χ4v) is 2.63. The molecule has 1 aromatic rings. The summed E-state index contributed by atoms with van der Waals surface area (Å²) in [6.07, 6.45) is 8.99. The predicted octanol–water partition coefficient (Wildman–Crippen LogP) is 1.11. The van der Waals surface area contributed by atoms with E-state index in [2.05, 4.69) is 20.2 Å². The van der Waals surface area contributed by atoms with Crippen molar-refractivity contribution in [1.82, 2.24) is 20.2 Å². The largest absolute Gasteiger partial charge is 0.352 e. The molecule has 2 fully saturated rings. The Kier molecular flexibility index (Phi) is 3.99. The van der Waals surface area contributed by atoms with Crippen LogP contribution in [0.1, 0.15) is 19.3 Å². The number of urea groups is 1. The van der Waals surface area contributed by atoms with Crippen LogP contribution in [0, 0.1) is 5.92 Å². The third-order valence-electron chi connectivity index (χ3n) is 4.21. The predicted molar refractivity (Wildman–Crippen MR) is 76.6 cm³/mol. The number of nitrogens with zero attached hydrogens (tertiary/aromatic N) is 4. The van der Waals surface area contributed by atoms with Crippen molar-refractivity contribution in [3.05, 3.63) is 18.6 Å². The van der Waals surface area contributed by atoms with Crippen LogP contribution < -0.4 is 10.2 Å². The molecule has 0 unspecified atom stereocenters. The third-order valence-corrected chi connectivity index (χ3v) is 4.21. The van der Waals surface area contributed by atoms with Crippen molar-refractivity contribution in [2.75, 3.05) is 37.6 Å². The van der Waals surface area contributed by atoms with Crippen molar-refractivity contribution in [3.8, 4) is 0 Å². The van der Waals surface area contributed by atoms with Crippen LogP contribution in [-0.2, 0) is 0 Å². The summed E-state index contributed by atoms with van der Waals surface area (Å²) >= 11 is 0. The first-order valence-corrected chi connectivity index (χ1v) is 7.36. The first-order chi connectivity index (χ1) is 9.83. The topological polar surface area (TPSA) is 61.4 Å². The molecule has 1 N–H and O–H groups in total. The van der Waals surface area contributed by atoms with Crippen LogP contribution in [0.25, 0.3) is 0 Å². The minimum Gasteiger partial charge on any atom is -0.352 e. The molecule has 6 nitrogen and oxygen atoms in total. The van der Waals surface area contributed by atoms with Crippen LogP contribution >= 0.6 is 0 Å². The van der Waals surface area contributed by atoms with Crippen molar-refractivity contribution in [1.29, 1.82) is 0 Å². The first kappa shape index (κ1) is 13.1. The van der Waals surface area contributed by atoms with Crippen LogP contribution in [0.4, 0.5) is 10.6 Å². The number of carbonyl (C=O) groups excluding carboxylic acids is 1. The van der Waals surface area contributed by atoms with E-state index < -0.39 is 0 Å². The van der Waals surface area contributed by atoms with E-state index in [1.807, 2.05) is 4.90 Å². The lowest BCUT2D eigenvalue weighted by molar-refractivity contribution is 0.188. The van der Waals surface area contributed by atoms with Gasteiger partial charge in [0.2, 0.25) is 0 Å². The summed E-state index contributed by atoms with van der Waals surface area (Å²) in [5.41, 5.74) is 0. The van der Waals surface area contributed by atoms with E-state index in [1.54, 1.807) is 18.6 Å². The average molecular weight is 275 g/mol. The molecule has 0 atom stereocenters. The van der Waals surface area contributed by atoms with Crippen LogP contribution in [0.5, 0.6) is 0 Å². The Bertz CT molecular complexity index is 440. The summed E-state index contributed by atoms with van der Waals surface area (Å²) < 4.78 is 0. The molecule has 1 saturated carbocycles. The fourth-order valence-electron chi connectivity index (χ4n) is 2.63. The number of aromatic nitrogens is 2. The molecule has 0 bridgehead atoms. The van der Waals surface area contributed by atoms with Gasteiger partial charge in [-0.3, -0.25) is 4.98 Å². The van der Waals surface area contributed by atoms with Gasteiger partial charge >= 0.3 is 6.03 Å². The number of amides is 2. The fraction of sp³-hybridized carbons (Fsp3) is 0.643. The van der Waals surface area contributed by atoms with E-state index in [1.165, 1.54) is 19.3 Å². The molecule has 2 amide bonds. The Morgan fingerprint density at radius 2 is 2.05 bits per heavy atom. The Balaban J connectivity index is 1.44. The van der Waals surface area contributed by atoms with Gasteiger partial charge in [-0.15, -0.1) is 0 Å². The van der Waals surface area contributed by atoms with Gasteiger partial charge in [0.25, 0.3) is 0 Å². The molecular weight excluding hydrogens is 254 g/mol. The van der Waals surface area contributed by atoms with Gasteiger partial charge in [-0.25, -0.2) is 9.78 Å². The smallest absolute Gasteiger partial charge is 0.317 e. The van der Waals surface area contributed by atoms with Gasteiger partial charge in [0.1, 0.15) is 5.82 Å². The van der Waals surface area contributed by atoms with Gasteiger partial charge in [0.05, 0.1) is 6.20 Å². The van der Waals surface area contributed by atoms with Gasteiger partial charge in [0.15, 0.2) is 0 Å². The number of nitrogens with one attached hydrogen (secondary N) is 1. The highest BCUT2D eigenvalue weighted by Crippen LogP contribution is 2.25. The second-order valence-corrected chi connectivity index (χ2v) is 5.52. The zero-order chi connectivity index (χ0) is 13.8. The van der Waals surface area contributed by atoms with E-state index >= 15 is 0 Å². The van der Waals surface area contributed by atoms with Gasteiger partial charge < -0.3 is 15.1 Å². The molecule has 0 aromatic carbocycles. The third kappa shape index (κ3) is 3.00. The molecule has 2 heterocycles. The summed E-state index contributed by atoms with van der Waals surface area (Å²) in [6, 6.07) is 0.0793. The highest BCUT2D eigenvalue weighted by atomic mass is 16.2. The van der Waals surface area contributed by atoms with Gasteiger partial charge in [-0.2, -0.15) is 0 Å². The normalized spacial score (nSPS) is 19.6. The average Bonchev–Trinajstić information content (AvgIpc) is 2.46. The molecule has 0 radical (unpaired) electrons. The highest BCUT2D eigenvalue weighted by molar-refractivity contribution is 5.74. The van der Waals surface area contributed by atoms with Gasteiger partial charge in [-0.05, 0) is 18.8 Å². The minimum atomic E-state index is 0.0793. The second kappa shape index (κ2) is 6.07. The van der Waals surface area contributed by atoms with Crippen molar-refractivity contribution in [3.63, 3.8) is 0 Å². The Hall–Kier alpha value is -1.85. The zero-order valence-corrected chi connectivity index (χ0v) is 11.7. The maximum Gasteiger partial charge on any atom is 0.317 e. The standard InChI is InChI=1S/C14H21N5O/c20-14(17-10-12-2-1-3-12)19-8-6-18(7-9-19)13-11-15-4-5-16-13/h4-5,11-12H,1-3,6-10H2,(H,17,20). The van der Waals surface area contributed by atoms with E-state index in [0.29, 0.717) is 5.92 Å². The summed E-state index contributed by atoms with van der Waals surface area (Å²) in [7, 11) is 0. The number of carbonyl (C=O) groups is 1. The Morgan fingerprint density at radius 3 is 2.65 bits per heavy atom. The van der Waals surface area contributed by atoms with Crippen molar-refractivity contribution < 1.29 is 4.79 Å². The number of piperazine rings is 1. The van der Waals surface area contributed by atoms with E-state index in [4.69, 9.17) is 0 Å². The van der Waals surface area contributed by atoms with Crippen LogP contribution in [-0.4, -0.2) is 53.6 Å². The summed E-state index contributed by atoms with van der Waals surface area (Å²) in [4.78, 5) is 24.5. The SMILES string of the molecule is O=C(NCC1CCC1)N1CCN(c2cnccn2)CC1. The molecule has 2 aliphatic rings. The lowest BCUT2D eigenvalue weighted by Crippen LogP contribution is -2.52. The van der Waals surface area contributed by atoms with Crippen molar-refractivity contribution >= 4 is 11.8 Å². The molecule has 0 spiro atoms. The van der Waals surface area contributed by atoms with E-state index in [0.717, 1.165) is 38.5 Å². The maximum atomic E-state index is 12.1. The Labute approximate surface area is 119 Å². The molecular formula is C14H21N5O. The quantitative estimate of drug-likeness (QED) is 0.897. The minimum absolute atomic E-state index is 0.0793.